The van der Waals surface area contributed by atoms with Gasteiger partial charge in [0.05, 0.1) is 11.4 Å². The topological polar surface area (TPSA) is 80.5 Å². The van der Waals surface area contributed by atoms with Gasteiger partial charge in [-0.05, 0) is 43.4 Å². The Labute approximate surface area is 125 Å². The number of hydrogen-bond donors (Lipinski definition) is 1. The molecule has 0 radical (unpaired) electrons. The molecule has 0 unspecified atom stereocenters. The van der Waals surface area contributed by atoms with Gasteiger partial charge in [-0.15, -0.1) is 6.42 Å². The third kappa shape index (κ3) is 3.84. The van der Waals surface area contributed by atoms with Gasteiger partial charge in [0.1, 0.15) is 0 Å². The molecule has 5 nitrogen and oxygen atoms in total. The van der Waals surface area contributed by atoms with Crippen LogP contribution in [0.5, 0.6) is 0 Å². The van der Waals surface area contributed by atoms with Gasteiger partial charge in [-0.2, -0.15) is 0 Å². The SMILES string of the molecule is C#CCN(CC1CC1)C(=O)c1cc(S(N)(=O)=O)ccc1C. The van der Waals surface area contributed by atoms with E-state index in [0.717, 1.165) is 12.8 Å². The molecule has 112 valence electrons. The Morgan fingerprint density at radius 3 is 2.67 bits per heavy atom. The predicted octanol–water partition coefficient (Wildman–Crippen LogP) is 1.13. The summed E-state index contributed by atoms with van der Waals surface area (Å²) in [7, 11) is -3.84. The van der Waals surface area contributed by atoms with Crippen LogP contribution < -0.4 is 5.14 Å². The number of carbonyl (C=O) groups excluding carboxylic acids is 1. The van der Waals surface area contributed by atoms with Crippen molar-refractivity contribution in [1.29, 1.82) is 0 Å². The van der Waals surface area contributed by atoms with Crippen LogP contribution in [0, 0.1) is 25.2 Å². The standard InChI is InChI=1S/C15H18N2O3S/c1-3-8-17(10-12-5-6-12)15(18)14-9-13(21(16,19)20)7-4-11(14)2/h1,4,7,9,12H,5-6,8,10H2,2H3,(H2,16,19,20). The summed E-state index contributed by atoms with van der Waals surface area (Å²) in [6, 6.07) is 4.30. The van der Waals surface area contributed by atoms with E-state index in [-0.39, 0.29) is 17.3 Å². The van der Waals surface area contributed by atoms with Gasteiger partial charge in [0.15, 0.2) is 0 Å². The molecule has 0 bridgehead atoms. The maximum atomic E-state index is 12.6. The van der Waals surface area contributed by atoms with E-state index in [1.165, 1.54) is 12.1 Å². The largest absolute Gasteiger partial charge is 0.327 e. The van der Waals surface area contributed by atoms with Crippen molar-refractivity contribution >= 4 is 15.9 Å². The van der Waals surface area contributed by atoms with Crippen LogP contribution in [0.25, 0.3) is 0 Å². The van der Waals surface area contributed by atoms with Gasteiger partial charge in [-0.3, -0.25) is 4.79 Å². The lowest BCUT2D eigenvalue weighted by atomic mass is 10.1. The van der Waals surface area contributed by atoms with Crippen molar-refractivity contribution in [3.63, 3.8) is 0 Å². The molecule has 0 atom stereocenters. The zero-order valence-electron chi connectivity index (χ0n) is 11.9. The first kappa shape index (κ1) is 15.5. The maximum absolute atomic E-state index is 12.6. The lowest BCUT2D eigenvalue weighted by Gasteiger charge is -2.21. The molecule has 1 aromatic carbocycles. The van der Waals surface area contributed by atoms with Gasteiger partial charge in [0, 0.05) is 12.1 Å². The highest BCUT2D eigenvalue weighted by Gasteiger charge is 2.27. The summed E-state index contributed by atoms with van der Waals surface area (Å²) in [6.45, 7) is 2.59. The van der Waals surface area contributed by atoms with Crippen LogP contribution in [0.1, 0.15) is 28.8 Å². The summed E-state index contributed by atoms with van der Waals surface area (Å²) in [6.07, 6.45) is 7.52. The van der Waals surface area contributed by atoms with E-state index in [0.29, 0.717) is 23.6 Å². The van der Waals surface area contributed by atoms with E-state index in [1.807, 2.05) is 0 Å². The van der Waals surface area contributed by atoms with Crippen LogP contribution in [0.3, 0.4) is 0 Å². The van der Waals surface area contributed by atoms with Crippen molar-refractivity contribution in [3.05, 3.63) is 29.3 Å². The average molecular weight is 306 g/mol. The molecule has 0 heterocycles. The van der Waals surface area contributed by atoms with Gasteiger partial charge in [-0.25, -0.2) is 13.6 Å². The van der Waals surface area contributed by atoms with Gasteiger partial charge in [0.25, 0.3) is 5.91 Å². The van der Waals surface area contributed by atoms with Crippen LogP contribution in [-0.2, 0) is 10.0 Å². The summed E-state index contributed by atoms with van der Waals surface area (Å²) in [5.41, 5.74) is 1.03. The highest BCUT2D eigenvalue weighted by molar-refractivity contribution is 7.89. The fourth-order valence-electron chi connectivity index (χ4n) is 2.12. The average Bonchev–Trinajstić information content (AvgIpc) is 3.20. The number of nitrogens with zero attached hydrogens (tertiary/aromatic N) is 1. The molecule has 2 N–H and O–H groups in total. The first-order chi connectivity index (χ1) is 9.82. The molecule has 1 aliphatic carbocycles. The first-order valence-corrected chi connectivity index (χ1v) is 8.23. The Hall–Kier alpha value is -1.84. The van der Waals surface area contributed by atoms with Crippen LogP contribution >= 0.6 is 0 Å². The number of nitrogens with two attached hydrogens (primary N) is 1. The summed E-state index contributed by atoms with van der Waals surface area (Å²) < 4.78 is 22.8. The van der Waals surface area contributed by atoms with Crippen molar-refractivity contribution in [1.82, 2.24) is 4.90 Å². The summed E-state index contributed by atoms with van der Waals surface area (Å²) in [5, 5.41) is 5.12. The second kappa shape index (κ2) is 5.88. The smallest absolute Gasteiger partial charge is 0.254 e. The number of amides is 1. The summed E-state index contributed by atoms with van der Waals surface area (Å²) in [5.74, 6) is 2.73. The number of terminal acetylenes is 1. The minimum absolute atomic E-state index is 0.0662. The van der Waals surface area contributed by atoms with Gasteiger partial charge in [-0.1, -0.05) is 12.0 Å². The van der Waals surface area contributed by atoms with Crippen LogP contribution in [-0.4, -0.2) is 32.3 Å². The number of sulfonamides is 1. The van der Waals surface area contributed by atoms with E-state index < -0.39 is 10.0 Å². The van der Waals surface area contributed by atoms with E-state index in [2.05, 4.69) is 5.92 Å². The van der Waals surface area contributed by atoms with Gasteiger partial charge < -0.3 is 4.90 Å². The molecule has 1 fully saturated rings. The van der Waals surface area contributed by atoms with Crippen molar-refractivity contribution < 1.29 is 13.2 Å². The third-order valence-electron chi connectivity index (χ3n) is 3.51. The van der Waals surface area contributed by atoms with Crippen molar-refractivity contribution in [2.24, 2.45) is 11.1 Å². The molecule has 21 heavy (non-hydrogen) atoms. The van der Waals surface area contributed by atoms with Crippen LogP contribution in [0.4, 0.5) is 0 Å². The maximum Gasteiger partial charge on any atom is 0.254 e. The number of hydrogen-bond acceptors (Lipinski definition) is 3. The Kier molecular flexibility index (Phi) is 4.35. The zero-order valence-corrected chi connectivity index (χ0v) is 12.7. The van der Waals surface area contributed by atoms with Crippen molar-refractivity contribution in [2.75, 3.05) is 13.1 Å². The molecule has 0 aliphatic heterocycles. The highest BCUT2D eigenvalue weighted by Crippen LogP contribution is 2.30. The molecular formula is C15H18N2O3S. The molecule has 0 spiro atoms. The Morgan fingerprint density at radius 2 is 2.14 bits per heavy atom. The molecule has 6 heteroatoms. The molecule has 1 aromatic rings. The minimum atomic E-state index is -3.84. The third-order valence-corrected chi connectivity index (χ3v) is 4.42. The second-order valence-electron chi connectivity index (χ2n) is 5.35. The van der Waals surface area contributed by atoms with Gasteiger partial charge >= 0.3 is 0 Å². The molecule has 0 saturated heterocycles. The lowest BCUT2D eigenvalue weighted by molar-refractivity contribution is 0.0769. The van der Waals surface area contributed by atoms with E-state index in [9.17, 15) is 13.2 Å². The summed E-state index contributed by atoms with van der Waals surface area (Å²) >= 11 is 0. The number of aryl methyl sites for hydroxylation is 1. The normalized spacial score (nSPS) is 14.5. The zero-order chi connectivity index (χ0) is 15.6. The highest BCUT2D eigenvalue weighted by atomic mass is 32.2. The molecule has 1 aliphatic rings. The Bertz CT molecular complexity index is 700. The lowest BCUT2D eigenvalue weighted by Crippen LogP contribution is -2.34. The Balaban J connectivity index is 2.34. The number of rotatable bonds is 5. The molecule has 0 aromatic heterocycles. The predicted molar refractivity (Wildman–Crippen MR) is 80.0 cm³/mol. The molecular weight excluding hydrogens is 288 g/mol. The quantitative estimate of drug-likeness (QED) is 0.828. The fourth-order valence-corrected chi connectivity index (χ4v) is 2.66. The van der Waals surface area contributed by atoms with E-state index >= 15 is 0 Å². The number of carbonyl (C=O) groups is 1. The monoisotopic (exact) mass is 306 g/mol. The molecule has 1 saturated carbocycles. The van der Waals surface area contributed by atoms with Gasteiger partial charge in [0.2, 0.25) is 10.0 Å². The summed E-state index contributed by atoms with van der Waals surface area (Å²) in [4.78, 5) is 14.1. The molecule has 2 rings (SSSR count). The number of primary sulfonamides is 1. The fraction of sp³-hybridized carbons (Fsp3) is 0.400. The number of benzene rings is 1. The second-order valence-corrected chi connectivity index (χ2v) is 6.92. The first-order valence-electron chi connectivity index (χ1n) is 6.69. The molecule has 1 amide bonds. The van der Waals surface area contributed by atoms with Crippen LogP contribution in [0.15, 0.2) is 23.1 Å². The minimum Gasteiger partial charge on any atom is -0.327 e. The van der Waals surface area contributed by atoms with Crippen LogP contribution in [0.2, 0.25) is 0 Å². The van der Waals surface area contributed by atoms with E-state index in [4.69, 9.17) is 11.6 Å². The van der Waals surface area contributed by atoms with E-state index in [1.54, 1.807) is 17.9 Å². The van der Waals surface area contributed by atoms with Crippen molar-refractivity contribution in [2.45, 2.75) is 24.7 Å². The van der Waals surface area contributed by atoms with Crippen molar-refractivity contribution in [3.8, 4) is 12.3 Å². The Morgan fingerprint density at radius 1 is 1.48 bits per heavy atom.